The highest BCUT2D eigenvalue weighted by Gasteiger charge is 2.70. The Morgan fingerprint density at radius 3 is 2.59 bits per heavy atom. The van der Waals surface area contributed by atoms with E-state index in [2.05, 4.69) is 38.4 Å². The van der Waals surface area contributed by atoms with E-state index < -0.39 is 0 Å². The summed E-state index contributed by atoms with van der Waals surface area (Å²) >= 11 is 4.70. The molecule has 22 heavy (non-hydrogen) atoms. The molecule has 2 fully saturated rings. The molecule has 0 radical (unpaired) electrons. The SMILES string of the molecule is COC(=O)[C@H]1C(C(=O)Nc2ncc(Br)s2)[C@@H]2C=C[C@H]1C21CC1. The third-order valence-electron chi connectivity index (χ3n) is 5.33. The first-order chi connectivity index (χ1) is 10.6. The van der Waals surface area contributed by atoms with Crippen molar-refractivity contribution in [3.63, 3.8) is 0 Å². The summed E-state index contributed by atoms with van der Waals surface area (Å²) in [7, 11) is 1.39. The molecule has 7 heteroatoms. The maximum absolute atomic E-state index is 12.8. The Kier molecular flexibility index (Phi) is 3.20. The maximum atomic E-state index is 12.8. The maximum Gasteiger partial charge on any atom is 0.310 e. The average molecular weight is 383 g/mol. The molecule has 1 spiro atoms. The predicted octanol–water partition coefficient (Wildman–Crippen LogP) is 2.85. The van der Waals surface area contributed by atoms with E-state index in [-0.39, 0.29) is 41.0 Å². The summed E-state index contributed by atoms with van der Waals surface area (Å²) in [6, 6.07) is 0. The Balaban J connectivity index is 1.62. The van der Waals surface area contributed by atoms with Crippen molar-refractivity contribution < 1.29 is 14.3 Å². The van der Waals surface area contributed by atoms with E-state index in [1.54, 1.807) is 6.20 Å². The molecule has 4 atom stereocenters. The van der Waals surface area contributed by atoms with Crippen molar-refractivity contribution in [2.45, 2.75) is 12.8 Å². The number of thiazole rings is 1. The van der Waals surface area contributed by atoms with Gasteiger partial charge >= 0.3 is 5.97 Å². The van der Waals surface area contributed by atoms with Crippen LogP contribution < -0.4 is 5.32 Å². The molecule has 4 rings (SSSR count). The number of carbonyl (C=O) groups is 2. The van der Waals surface area contributed by atoms with Crippen LogP contribution in [0.5, 0.6) is 0 Å². The Bertz CT molecular complexity index is 682. The number of allylic oxidation sites excluding steroid dienone is 2. The molecule has 1 heterocycles. The number of hydrogen-bond acceptors (Lipinski definition) is 5. The Morgan fingerprint density at radius 2 is 2.05 bits per heavy atom. The molecule has 3 aliphatic rings. The molecular weight excluding hydrogens is 368 g/mol. The van der Waals surface area contributed by atoms with Crippen LogP contribution in [0.15, 0.2) is 22.1 Å². The number of anilines is 1. The summed E-state index contributed by atoms with van der Waals surface area (Å²) in [5, 5.41) is 3.41. The number of methoxy groups -OCH3 is 1. The van der Waals surface area contributed by atoms with Gasteiger partial charge in [0.1, 0.15) is 0 Å². The van der Waals surface area contributed by atoms with Crippen LogP contribution in [0, 0.1) is 29.1 Å². The molecule has 1 aromatic heterocycles. The molecule has 0 saturated heterocycles. The number of rotatable bonds is 3. The van der Waals surface area contributed by atoms with Crippen LogP contribution in [-0.4, -0.2) is 24.0 Å². The van der Waals surface area contributed by atoms with Crippen LogP contribution in [0.1, 0.15) is 12.8 Å². The lowest BCUT2D eigenvalue weighted by molar-refractivity contribution is -0.150. The van der Waals surface area contributed by atoms with Gasteiger partial charge in [-0.2, -0.15) is 0 Å². The molecular formula is C15H15BrN2O3S. The van der Waals surface area contributed by atoms with Crippen LogP contribution >= 0.6 is 27.3 Å². The van der Waals surface area contributed by atoms with E-state index in [1.807, 2.05) is 0 Å². The number of nitrogens with zero attached hydrogens (tertiary/aromatic N) is 1. The highest BCUT2D eigenvalue weighted by atomic mass is 79.9. The number of hydrogen-bond donors (Lipinski definition) is 1. The van der Waals surface area contributed by atoms with E-state index in [0.29, 0.717) is 5.13 Å². The Hall–Kier alpha value is -1.21. The van der Waals surface area contributed by atoms with Gasteiger partial charge in [0.05, 0.1) is 28.9 Å². The van der Waals surface area contributed by atoms with Gasteiger partial charge in [0.25, 0.3) is 0 Å². The monoisotopic (exact) mass is 382 g/mol. The molecule has 3 aliphatic carbocycles. The summed E-state index contributed by atoms with van der Waals surface area (Å²) in [6.45, 7) is 0. The van der Waals surface area contributed by atoms with E-state index in [0.717, 1.165) is 16.6 Å². The first kappa shape index (κ1) is 14.4. The molecule has 0 aromatic carbocycles. The molecule has 1 aromatic rings. The Morgan fingerprint density at radius 1 is 1.36 bits per heavy atom. The van der Waals surface area contributed by atoms with Gasteiger partial charge in [-0.1, -0.05) is 23.5 Å². The number of halogens is 1. The number of amides is 1. The number of nitrogens with one attached hydrogen (secondary N) is 1. The van der Waals surface area contributed by atoms with Crippen molar-refractivity contribution >= 4 is 44.3 Å². The molecule has 5 nitrogen and oxygen atoms in total. The number of esters is 1. The summed E-state index contributed by atoms with van der Waals surface area (Å²) in [6.07, 6.45) is 8.08. The fourth-order valence-electron chi connectivity index (χ4n) is 4.31. The van der Waals surface area contributed by atoms with Gasteiger partial charge < -0.3 is 10.1 Å². The van der Waals surface area contributed by atoms with E-state index in [4.69, 9.17) is 4.74 Å². The van der Waals surface area contributed by atoms with Crippen LogP contribution in [0.3, 0.4) is 0 Å². The Labute approximate surface area is 140 Å². The third kappa shape index (κ3) is 1.91. The average Bonchev–Trinajstić information content (AvgIpc) is 3.00. The molecule has 1 unspecified atom stereocenters. The van der Waals surface area contributed by atoms with Gasteiger partial charge in [0.2, 0.25) is 5.91 Å². The minimum Gasteiger partial charge on any atom is -0.469 e. The van der Waals surface area contributed by atoms with E-state index in [1.165, 1.54) is 18.4 Å². The quantitative estimate of drug-likeness (QED) is 0.644. The number of ether oxygens (including phenoxy) is 1. The van der Waals surface area contributed by atoms with E-state index in [9.17, 15) is 9.59 Å². The fraction of sp³-hybridized carbons (Fsp3) is 0.533. The van der Waals surface area contributed by atoms with Crippen LogP contribution in [-0.2, 0) is 14.3 Å². The highest BCUT2D eigenvalue weighted by molar-refractivity contribution is 9.11. The van der Waals surface area contributed by atoms with Crippen LogP contribution in [0.4, 0.5) is 5.13 Å². The van der Waals surface area contributed by atoms with E-state index >= 15 is 0 Å². The third-order valence-corrected chi connectivity index (χ3v) is 6.72. The summed E-state index contributed by atoms with van der Waals surface area (Å²) in [5.74, 6) is -0.837. The lowest BCUT2D eigenvalue weighted by Crippen LogP contribution is -2.37. The standard InChI is InChI=1S/C15H15BrN2O3S/c1-21-13(20)11-8-3-2-7(15(8)4-5-15)10(11)12(19)18-14-17-6-9(16)22-14/h2-3,6-8,10-11H,4-5H2,1H3,(H,17,18,19)/t7-,8+,10?,11+/m0/s1. The highest BCUT2D eigenvalue weighted by Crippen LogP contribution is 2.72. The molecule has 2 saturated carbocycles. The first-order valence-corrected chi connectivity index (χ1v) is 8.86. The van der Waals surface area contributed by atoms with Crippen molar-refractivity contribution in [3.05, 3.63) is 22.1 Å². The lowest BCUT2D eigenvalue weighted by atomic mass is 9.82. The molecule has 2 bridgehead atoms. The minimum absolute atomic E-state index is 0.125. The van der Waals surface area contributed by atoms with Crippen molar-refractivity contribution in [3.8, 4) is 0 Å². The second kappa shape index (κ2) is 4.89. The van der Waals surface area contributed by atoms with Gasteiger partial charge in [-0.15, -0.1) is 0 Å². The van der Waals surface area contributed by atoms with Crippen molar-refractivity contribution in [1.29, 1.82) is 0 Å². The van der Waals surface area contributed by atoms with Crippen molar-refractivity contribution in [1.82, 2.24) is 4.98 Å². The van der Waals surface area contributed by atoms with Gasteiger partial charge in [-0.3, -0.25) is 9.59 Å². The van der Waals surface area contributed by atoms with Gasteiger partial charge in [0.15, 0.2) is 5.13 Å². The summed E-state index contributed by atoms with van der Waals surface area (Å²) < 4.78 is 5.83. The summed E-state index contributed by atoms with van der Waals surface area (Å²) in [4.78, 5) is 29.1. The second-order valence-electron chi connectivity index (χ2n) is 6.20. The number of carbonyl (C=O) groups excluding carboxylic acids is 2. The molecule has 0 aliphatic heterocycles. The molecule has 1 amide bonds. The zero-order valence-corrected chi connectivity index (χ0v) is 14.3. The fourth-order valence-corrected chi connectivity index (χ4v) is 5.42. The largest absolute Gasteiger partial charge is 0.469 e. The van der Waals surface area contributed by atoms with Gasteiger partial charge in [0, 0.05) is 0 Å². The molecule has 116 valence electrons. The van der Waals surface area contributed by atoms with Crippen molar-refractivity contribution in [2.75, 3.05) is 12.4 Å². The normalized spacial score (nSPS) is 33.2. The topological polar surface area (TPSA) is 68.3 Å². The van der Waals surface area contributed by atoms with Gasteiger partial charge in [-0.05, 0) is 46.0 Å². The van der Waals surface area contributed by atoms with Crippen molar-refractivity contribution in [2.24, 2.45) is 29.1 Å². The summed E-state index contributed by atoms with van der Waals surface area (Å²) in [5.41, 5.74) is 0.129. The minimum atomic E-state index is -0.370. The van der Waals surface area contributed by atoms with Crippen LogP contribution in [0.2, 0.25) is 0 Å². The zero-order valence-electron chi connectivity index (χ0n) is 11.9. The predicted molar refractivity (Wildman–Crippen MR) is 85.2 cm³/mol. The smallest absolute Gasteiger partial charge is 0.310 e. The van der Waals surface area contributed by atoms with Gasteiger partial charge in [-0.25, -0.2) is 4.98 Å². The zero-order chi connectivity index (χ0) is 15.5. The van der Waals surface area contributed by atoms with Crippen LogP contribution in [0.25, 0.3) is 0 Å². The second-order valence-corrected chi connectivity index (χ2v) is 8.61. The lowest BCUT2D eigenvalue weighted by Gasteiger charge is -2.24. The molecule has 1 N–H and O–H groups in total. The first-order valence-electron chi connectivity index (χ1n) is 7.25. The number of aromatic nitrogens is 1.